The average Bonchev–Trinajstić information content (AvgIpc) is 3.04. The smallest absolute Gasteiger partial charge is 0.127 e. The Balaban J connectivity index is 1.95. The van der Waals surface area contributed by atoms with Crippen molar-refractivity contribution in [1.29, 1.82) is 0 Å². The fourth-order valence-electron chi connectivity index (χ4n) is 2.98. The van der Waals surface area contributed by atoms with Crippen LogP contribution in [0, 0.1) is 0 Å². The van der Waals surface area contributed by atoms with Gasteiger partial charge in [0.15, 0.2) is 0 Å². The van der Waals surface area contributed by atoms with Gasteiger partial charge < -0.3 is 19.5 Å². The quantitative estimate of drug-likeness (QED) is 0.798. The monoisotopic (exact) mass is 293 g/mol. The molecule has 1 aliphatic rings. The number of ether oxygens (including phenoxy) is 3. The van der Waals surface area contributed by atoms with E-state index in [1.807, 2.05) is 19.2 Å². The lowest BCUT2D eigenvalue weighted by molar-refractivity contribution is 0.101. The molecule has 118 valence electrons. The molecule has 4 nitrogen and oxygen atoms in total. The first-order valence-electron chi connectivity index (χ1n) is 7.79. The summed E-state index contributed by atoms with van der Waals surface area (Å²) in [5.74, 6) is 1.70. The molecule has 1 aliphatic heterocycles. The lowest BCUT2D eigenvalue weighted by atomic mass is 9.98. The van der Waals surface area contributed by atoms with E-state index in [1.165, 1.54) is 18.4 Å². The van der Waals surface area contributed by atoms with Crippen molar-refractivity contribution >= 4 is 0 Å². The highest BCUT2D eigenvalue weighted by atomic mass is 16.5. The van der Waals surface area contributed by atoms with Crippen molar-refractivity contribution in [2.45, 2.75) is 44.2 Å². The lowest BCUT2D eigenvalue weighted by Gasteiger charge is -2.20. The zero-order valence-electron chi connectivity index (χ0n) is 13.4. The van der Waals surface area contributed by atoms with Crippen LogP contribution in [0.3, 0.4) is 0 Å². The highest BCUT2D eigenvalue weighted by Gasteiger charge is 2.18. The van der Waals surface area contributed by atoms with Crippen molar-refractivity contribution in [3.8, 4) is 11.5 Å². The van der Waals surface area contributed by atoms with E-state index >= 15 is 0 Å². The summed E-state index contributed by atoms with van der Waals surface area (Å²) in [5.41, 5.74) is 1.19. The summed E-state index contributed by atoms with van der Waals surface area (Å²) in [5, 5.41) is 3.39. The molecular weight excluding hydrogens is 266 g/mol. The van der Waals surface area contributed by atoms with Crippen molar-refractivity contribution in [3.63, 3.8) is 0 Å². The molecule has 0 spiro atoms. The van der Waals surface area contributed by atoms with Crippen molar-refractivity contribution in [2.24, 2.45) is 0 Å². The fraction of sp³-hybridized carbons (Fsp3) is 0.647. The third-order valence-corrected chi connectivity index (χ3v) is 4.21. The first kappa shape index (κ1) is 16.1. The second kappa shape index (κ2) is 8.25. The van der Waals surface area contributed by atoms with Crippen molar-refractivity contribution in [1.82, 2.24) is 5.32 Å². The Morgan fingerprint density at radius 1 is 1.33 bits per heavy atom. The highest BCUT2D eigenvalue weighted by Crippen LogP contribution is 2.32. The van der Waals surface area contributed by atoms with Crippen LogP contribution in [0.15, 0.2) is 18.2 Å². The minimum atomic E-state index is 0.298. The zero-order chi connectivity index (χ0) is 15.1. The minimum absolute atomic E-state index is 0.298. The SMILES string of the molecule is CNC(CCCC1CCCO1)c1ccc(OC)cc1OC. The Kier molecular flexibility index (Phi) is 6.33. The number of nitrogens with one attached hydrogen (secondary N) is 1. The van der Waals surface area contributed by atoms with Gasteiger partial charge in [0, 0.05) is 24.3 Å². The Hall–Kier alpha value is -1.26. The van der Waals surface area contributed by atoms with Crippen LogP contribution >= 0.6 is 0 Å². The summed E-state index contributed by atoms with van der Waals surface area (Å²) in [6.07, 6.45) is 6.30. The summed E-state index contributed by atoms with van der Waals surface area (Å²) < 4.78 is 16.5. The number of benzene rings is 1. The van der Waals surface area contributed by atoms with Crippen LogP contribution in [-0.2, 0) is 4.74 Å². The predicted molar refractivity (Wildman–Crippen MR) is 84.2 cm³/mol. The highest BCUT2D eigenvalue weighted by molar-refractivity contribution is 5.42. The summed E-state index contributed by atoms with van der Waals surface area (Å²) in [6.45, 7) is 0.937. The molecule has 0 aromatic heterocycles. The zero-order valence-corrected chi connectivity index (χ0v) is 13.4. The van der Waals surface area contributed by atoms with Gasteiger partial charge >= 0.3 is 0 Å². The number of rotatable bonds is 8. The second-order valence-corrected chi connectivity index (χ2v) is 5.52. The van der Waals surface area contributed by atoms with E-state index in [2.05, 4.69) is 11.4 Å². The predicted octanol–water partition coefficient (Wildman–Crippen LogP) is 3.31. The molecule has 1 N–H and O–H groups in total. The van der Waals surface area contributed by atoms with Gasteiger partial charge in [-0.15, -0.1) is 0 Å². The third-order valence-electron chi connectivity index (χ3n) is 4.21. The van der Waals surface area contributed by atoms with E-state index in [0.717, 1.165) is 37.4 Å². The molecule has 1 heterocycles. The molecule has 0 amide bonds. The molecule has 2 atom stereocenters. The van der Waals surface area contributed by atoms with E-state index in [1.54, 1.807) is 14.2 Å². The fourth-order valence-corrected chi connectivity index (χ4v) is 2.98. The first-order valence-corrected chi connectivity index (χ1v) is 7.79. The molecule has 2 unspecified atom stereocenters. The van der Waals surface area contributed by atoms with Crippen molar-refractivity contribution in [2.75, 3.05) is 27.9 Å². The topological polar surface area (TPSA) is 39.7 Å². The summed E-state index contributed by atoms with van der Waals surface area (Å²) >= 11 is 0. The normalized spacial score (nSPS) is 19.5. The molecule has 0 saturated carbocycles. The van der Waals surface area contributed by atoms with Crippen molar-refractivity contribution < 1.29 is 14.2 Å². The van der Waals surface area contributed by atoms with Gasteiger partial charge in [0.1, 0.15) is 11.5 Å². The first-order chi connectivity index (χ1) is 10.3. The number of hydrogen-bond acceptors (Lipinski definition) is 4. The minimum Gasteiger partial charge on any atom is -0.497 e. The van der Waals surface area contributed by atoms with E-state index < -0.39 is 0 Å². The van der Waals surface area contributed by atoms with E-state index in [0.29, 0.717) is 12.1 Å². The second-order valence-electron chi connectivity index (χ2n) is 5.52. The van der Waals surface area contributed by atoms with E-state index in [-0.39, 0.29) is 0 Å². The molecule has 0 bridgehead atoms. The molecule has 1 aromatic carbocycles. The van der Waals surface area contributed by atoms with Gasteiger partial charge in [-0.05, 0) is 45.2 Å². The largest absolute Gasteiger partial charge is 0.497 e. The van der Waals surface area contributed by atoms with Crippen LogP contribution in [0.2, 0.25) is 0 Å². The molecule has 1 saturated heterocycles. The molecule has 2 rings (SSSR count). The van der Waals surface area contributed by atoms with Gasteiger partial charge in [-0.25, -0.2) is 0 Å². The molecule has 0 radical (unpaired) electrons. The molecular formula is C17H27NO3. The van der Waals surface area contributed by atoms with Crippen LogP contribution in [0.25, 0.3) is 0 Å². The number of hydrogen-bond donors (Lipinski definition) is 1. The van der Waals surface area contributed by atoms with Gasteiger partial charge in [-0.2, -0.15) is 0 Å². The van der Waals surface area contributed by atoms with Crippen LogP contribution in [0.4, 0.5) is 0 Å². The summed E-state index contributed by atoms with van der Waals surface area (Å²) in [7, 11) is 5.38. The van der Waals surface area contributed by atoms with Gasteiger partial charge in [0.2, 0.25) is 0 Å². The Labute approximate surface area is 127 Å². The summed E-state index contributed by atoms with van der Waals surface area (Å²) in [4.78, 5) is 0. The van der Waals surface area contributed by atoms with Crippen LogP contribution in [0.5, 0.6) is 11.5 Å². The Morgan fingerprint density at radius 3 is 2.81 bits per heavy atom. The maximum Gasteiger partial charge on any atom is 0.127 e. The molecule has 1 aromatic rings. The molecule has 1 fully saturated rings. The third kappa shape index (κ3) is 4.35. The summed E-state index contributed by atoms with van der Waals surface area (Å²) in [6, 6.07) is 6.32. The van der Waals surface area contributed by atoms with Crippen LogP contribution in [-0.4, -0.2) is 34.0 Å². The maximum absolute atomic E-state index is 5.69. The van der Waals surface area contributed by atoms with Gasteiger partial charge in [-0.3, -0.25) is 0 Å². The Morgan fingerprint density at radius 2 is 2.19 bits per heavy atom. The van der Waals surface area contributed by atoms with E-state index in [9.17, 15) is 0 Å². The van der Waals surface area contributed by atoms with Crippen molar-refractivity contribution in [3.05, 3.63) is 23.8 Å². The van der Waals surface area contributed by atoms with E-state index in [4.69, 9.17) is 14.2 Å². The van der Waals surface area contributed by atoms with Gasteiger partial charge in [0.25, 0.3) is 0 Å². The number of methoxy groups -OCH3 is 2. The Bertz CT molecular complexity index is 430. The van der Waals surface area contributed by atoms with Crippen LogP contribution in [0.1, 0.15) is 43.7 Å². The standard InChI is InChI=1S/C17H27NO3/c1-18-16(8-4-6-13-7-5-11-21-13)15-10-9-14(19-2)12-17(15)20-3/h9-10,12-13,16,18H,4-8,11H2,1-3H3. The van der Waals surface area contributed by atoms with Gasteiger partial charge in [-0.1, -0.05) is 6.07 Å². The average molecular weight is 293 g/mol. The molecule has 4 heteroatoms. The molecule has 21 heavy (non-hydrogen) atoms. The molecule has 0 aliphatic carbocycles. The van der Waals surface area contributed by atoms with Gasteiger partial charge in [0.05, 0.1) is 20.3 Å². The van der Waals surface area contributed by atoms with Crippen LogP contribution < -0.4 is 14.8 Å². The lowest BCUT2D eigenvalue weighted by Crippen LogP contribution is -2.18. The maximum atomic E-state index is 5.69.